The molecular formula is C71H138N2O7P+. The van der Waals surface area contributed by atoms with Crippen LogP contribution in [0.1, 0.15) is 355 Å². The molecule has 2 N–H and O–H groups in total. The number of carbonyl (C=O) groups is 2. The number of nitrogens with one attached hydrogen (secondary N) is 1. The maximum Gasteiger partial charge on any atom is 0.472 e. The molecule has 3 atom stereocenters. The maximum atomic E-state index is 13.6. The molecule has 0 aromatic heterocycles. The van der Waals surface area contributed by atoms with Crippen molar-refractivity contribution in [1.82, 2.24) is 5.32 Å². The number of quaternary nitrogens is 1. The van der Waals surface area contributed by atoms with E-state index in [-0.39, 0.29) is 31.5 Å². The summed E-state index contributed by atoms with van der Waals surface area (Å²) in [6, 6.07) is -0.850. The molecule has 0 aliphatic heterocycles. The number of esters is 1. The number of rotatable bonds is 65. The van der Waals surface area contributed by atoms with Crippen molar-refractivity contribution in [1.29, 1.82) is 0 Å². The van der Waals surface area contributed by atoms with Gasteiger partial charge in [-0.15, -0.1) is 0 Å². The van der Waals surface area contributed by atoms with E-state index in [1.807, 2.05) is 33.3 Å². The van der Waals surface area contributed by atoms with Crippen LogP contribution in [-0.2, 0) is 27.9 Å². The lowest BCUT2D eigenvalue weighted by Crippen LogP contribution is -2.47. The molecule has 0 aromatic carbocycles. The summed E-state index contributed by atoms with van der Waals surface area (Å²) in [5.41, 5.74) is 0. The fraction of sp³-hybridized carbons (Fsp3) is 0.887. The molecule has 0 rings (SSSR count). The molecule has 0 spiro atoms. The minimum absolute atomic E-state index is 0.0408. The van der Waals surface area contributed by atoms with E-state index in [1.165, 1.54) is 244 Å². The Morgan fingerprint density at radius 1 is 0.432 bits per heavy atom. The Morgan fingerprint density at radius 2 is 0.741 bits per heavy atom. The number of likely N-dealkylation sites (N-methyl/N-ethyl adjacent to an activating group) is 1. The highest BCUT2D eigenvalue weighted by molar-refractivity contribution is 7.47. The lowest BCUT2D eigenvalue weighted by molar-refractivity contribution is -0.870. The van der Waals surface area contributed by atoms with E-state index in [2.05, 4.69) is 50.4 Å². The van der Waals surface area contributed by atoms with Gasteiger partial charge in [-0.3, -0.25) is 18.6 Å². The average Bonchev–Trinajstić information content (AvgIpc) is 3.44. The van der Waals surface area contributed by atoms with E-state index < -0.39 is 20.0 Å². The van der Waals surface area contributed by atoms with Crippen molar-refractivity contribution in [2.24, 2.45) is 0 Å². The van der Waals surface area contributed by atoms with Crippen LogP contribution in [0.2, 0.25) is 0 Å². The molecule has 9 nitrogen and oxygen atoms in total. The first-order chi connectivity index (χ1) is 39.4. The molecule has 0 saturated carbocycles. The summed E-state index contributed by atoms with van der Waals surface area (Å²) in [7, 11) is 1.50. The minimum Gasteiger partial charge on any atom is -0.456 e. The molecule has 0 aromatic rings. The number of carbonyl (C=O) groups excluding carboxylic acids is 2. The smallest absolute Gasteiger partial charge is 0.456 e. The highest BCUT2D eigenvalue weighted by Gasteiger charge is 2.30. The van der Waals surface area contributed by atoms with Gasteiger partial charge < -0.3 is 19.4 Å². The fourth-order valence-corrected chi connectivity index (χ4v) is 11.4. The van der Waals surface area contributed by atoms with E-state index in [0.29, 0.717) is 17.4 Å². The summed E-state index contributed by atoms with van der Waals surface area (Å²) in [6.45, 7) is 7.03. The van der Waals surface area contributed by atoms with Gasteiger partial charge in [0.2, 0.25) is 5.91 Å². The molecule has 81 heavy (non-hydrogen) atoms. The Hall–Kier alpha value is -1.77. The molecule has 0 heterocycles. The fourth-order valence-electron chi connectivity index (χ4n) is 10.6. The molecule has 1 amide bonds. The van der Waals surface area contributed by atoms with Crippen LogP contribution in [0.25, 0.3) is 0 Å². The minimum atomic E-state index is -4.45. The summed E-state index contributed by atoms with van der Waals surface area (Å²) in [4.78, 5) is 37.8. The first-order valence-corrected chi connectivity index (χ1v) is 36.8. The molecule has 0 fully saturated rings. The van der Waals surface area contributed by atoms with E-state index in [4.69, 9.17) is 13.8 Å². The van der Waals surface area contributed by atoms with Crippen LogP contribution in [0.4, 0.5) is 0 Å². The van der Waals surface area contributed by atoms with Gasteiger partial charge in [0.15, 0.2) is 0 Å². The van der Waals surface area contributed by atoms with Crippen LogP contribution >= 0.6 is 7.82 Å². The van der Waals surface area contributed by atoms with E-state index in [1.54, 1.807) is 0 Å². The second kappa shape index (κ2) is 61.3. The zero-order valence-electron chi connectivity index (χ0n) is 54.8. The number of hydrogen-bond donors (Lipinski definition) is 2. The zero-order chi connectivity index (χ0) is 59.3. The summed E-state index contributed by atoms with van der Waals surface area (Å²) in [5, 5.41) is 3.07. The van der Waals surface area contributed by atoms with Crippen molar-refractivity contribution in [2.75, 3.05) is 40.9 Å². The lowest BCUT2D eigenvalue weighted by atomic mass is 10.0. The molecule has 0 aliphatic carbocycles. The van der Waals surface area contributed by atoms with Crippen molar-refractivity contribution < 1.29 is 37.3 Å². The molecule has 0 bridgehead atoms. The number of phosphoric acid groups is 1. The third-order valence-corrected chi connectivity index (χ3v) is 17.1. The molecule has 0 radical (unpaired) electrons. The first-order valence-electron chi connectivity index (χ1n) is 35.3. The largest absolute Gasteiger partial charge is 0.472 e. The number of amides is 1. The van der Waals surface area contributed by atoms with Gasteiger partial charge in [-0.1, -0.05) is 321 Å². The SMILES string of the molecule is CCCCC/C=C/C=C/CCCCCCCCC(=O)OC(/C=C\CCCCCCCCCCCCC)C(COP(=O)(O)OCC[N+](C)(C)C)NC(=O)CCCCCCCCCCCCCCCCCCCCCCCCCCCCC. The normalized spacial score (nSPS) is 13.7. The zero-order valence-corrected chi connectivity index (χ0v) is 55.7. The van der Waals surface area contributed by atoms with E-state index in [9.17, 15) is 19.0 Å². The van der Waals surface area contributed by atoms with Gasteiger partial charge in [0.05, 0.1) is 33.8 Å². The quantitative estimate of drug-likeness (QED) is 0.0156. The third-order valence-electron chi connectivity index (χ3n) is 16.1. The number of allylic oxidation sites excluding steroid dienone is 5. The van der Waals surface area contributed by atoms with Crippen molar-refractivity contribution in [2.45, 2.75) is 367 Å². The summed E-state index contributed by atoms with van der Waals surface area (Å²) >= 11 is 0. The summed E-state index contributed by atoms with van der Waals surface area (Å²) in [5.74, 6) is -0.500. The van der Waals surface area contributed by atoms with Gasteiger partial charge in [0.1, 0.15) is 19.3 Å². The lowest BCUT2D eigenvalue weighted by Gasteiger charge is -2.27. The van der Waals surface area contributed by atoms with Crippen LogP contribution in [-0.4, -0.2) is 74.3 Å². The highest BCUT2D eigenvalue weighted by atomic mass is 31.2. The molecular weight excluding hydrogens is 1020 g/mol. The first kappa shape index (κ1) is 79.2. The number of hydrogen-bond acceptors (Lipinski definition) is 6. The number of ether oxygens (including phenoxy) is 1. The van der Waals surface area contributed by atoms with Gasteiger partial charge in [0.25, 0.3) is 0 Å². The maximum absolute atomic E-state index is 13.6. The Balaban J connectivity index is 4.99. The summed E-state index contributed by atoms with van der Waals surface area (Å²) < 4.78 is 30.8. The monoisotopic (exact) mass is 1160 g/mol. The van der Waals surface area contributed by atoms with E-state index >= 15 is 0 Å². The topological polar surface area (TPSA) is 111 Å². The average molecular weight is 1160 g/mol. The number of unbranched alkanes of at least 4 members (excludes halogenated alkanes) is 46. The standard InChI is InChI=1S/C71H137N2O7P/c1-7-10-13-16-19-22-25-28-30-31-32-33-34-35-36-37-38-39-40-41-43-45-48-51-54-57-60-63-70(74)72-68(67-79-81(76,77)78-66-65-73(4,5)6)69(62-59-56-53-50-47-44-27-24-21-18-15-12-9-3)80-71(75)64-61-58-55-52-49-46-42-29-26-23-20-17-14-11-8-2/h20,23,26,29,59,62,68-69H,7-19,21-22,24-25,27-28,30-58,60-61,63-67H2,1-6H3,(H-,72,74,76,77)/p+1/b23-20+,29-26+,62-59-. The molecule has 0 saturated heterocycles. The van der Waals surface area contributed by atoms with Crippen LogP contribution in [0.5, 0.6) is 0 Å². The molecule has 3 unspecified atom stereocenters. The number of phosphoric ester groups is 1. The van der Waals surface area contributed by atoms with Gasteiger partial charge in [-0.2, -0.15) is 0 Å². The second-order valence-corrected chi connectivity index (χ2v) is 26.9. The van der Waals surface area contributed by atoms with Gasteiger partial charge in [-0.05, 0) is 57.4 Å². The Bertz CT molecular complexity index is 1480. The Morgan fingerprint density at radius 3 is 1.11 bits per heavy atom. The predicted molar refractivity (Wildman–Crippen MR) is 351 cm³/mol. The Kier molecular flexibility index (Phi) is 60.0. The van der Waals surface area contributed by atoms with Gasteiger partial charge in [0, 0.05) is 12.8 Å². The van der Waals surface area contributed by atoms with Gasteiger partial charge >= 0.3 is 13.8 Å². The second-order valence-electron chi connectivity index (χ2n) is 25.4. The van der Waals surface area contributed by atoms with Gasteiger partial charge in [-0.25, -0.2) is 4.57 Å². The predicted octanol–water partition coefficient (Wildman–Crippen LogP) is 22.2. The van der Waals surface area contributed by atoms with Crippen molar-refractivity contribution in [3.8, 4) is 0 Å². The molecule has 478 valence electrons. The molecule has 0 aliphatic rings. The Labute approximate surface area is 504 Å². The summed E-state index contributed by atoms with van der Waals surface area (Å²) in [6.07, 6.45) is 75.9. The van der Waals surface area contributed by atoms with Crippen molar-refractivity contribution in [3.63, 3.8) is 0 Å². The van der Waals surface area contributed by atoms with Crippen molar-refractivity contribution >= 4 is 19.7 Å². The van der Waals surface area contributed by atoms with E-state index in [0.717, 1.165) is 77.0 Å². The number of nitrogens with zero attached hydrogens (tertiary/aromatic N) is 1. The van der Waals surface area contributed by atoms with Crippen molar-refractivity contribution in [3.05, 3.63) is 36.5 Å². The molecule has 10 heteroatoms. The highest BCUT2D eigenvalue weighted by Crippen LogP contribution is 2.43. The van der Waals surface area contributed by atoms with Crippen LogP contribution in [0.15, 0.2) is 36.5 Å². The van der Waals surface area contributed by atoms with Crippen LogP contribution in [0, 0.1) is 0 Å². The van der Waals surface area contributed by atoms with Crippen LogP contribution < -0.4 is 5.32 Å². The van der Waals surface area contributed by atoms with Crippen LogP contribution in [0.3, 0.4) is 0 Å². The third kappa shape index (κ3) is 62.6.